The first-order valence-corrected chi connectivity index (χ1v) is 10.3. The number of hydrogen-bond acceptors (Lipinski definition) is 5. The molecule has 1 aromatic carbocycles. The number of halogens is 3. The molecule has 3 rings (SSSR count). The van der Waals surface area contributed by atoms with Crippen molar-refractivity contribution >= 4 is 12.0 Å². The van der Waals surface area contributed by atoms with Crippen LogP contribution in [0.4, 0.5) is 18.0 Å². The van der Waals surface area contributed by atoms with Crippen LogP contribution in [0.3, 0.4) is 0 Å². The van der Waals surface area contributed by atoms with Crippen LogP contribution in [0.15, 0.2) is 35.1 Å². The van der Waals surface area contributed by atoms with E-state index in [1.165, 1.54) is 28.9 Å². The largest absolute Gasteiger partial charge is 0.444 e. The van der Waals surface area contributed by atoms with E-state index in [0.29, 0.717) is 0 Å². The van der Waals surface area contributed by atoms with Gasteiger partial charge in [0.2, 0.25) is 5.43 Å². The third kappa shape index (κ3) is 5.71. The van der Waals surface area contributed by atoms with Crippen molar-refractivity contribution in [3.63, 3.8) is 0 Å². The number of piperazine rings is 1. The average molecular weight is 466 g/mol. The summed E-state index contributed by atoms with van der Waals surface area (Å²) in [5.74, 6) is -0.649. The number of rotatable bonds is 2. The molecule has 178 valence electrons. The van der Waals surface area contributed by atoms with E-state index in [2.05, 4.69) is 5.10 Å². The van der Waals surface area contributed by atoms with Gasteiger partial charge in [0.25, 0.3) is 5.91 Å². The second-order valence-corrected chi connectivity index (χ2v) is 8.72. The number of carbonyl (C=O) groups excluding carboxylic acids is 2. The Bertz CT molecular complexity index is 1110. The summed E-state index contributed by atoms with van der Waals surface area (Å²) in [6, 6.07) is 5.63. The van der Waals surface area contributed by atoms with Gasteiger partial charge in [0.1, 0.15) is 5.60 Å². The zero-order valence-corrected chi connectivity index (χ0v) is 18.8. The third-order valence-corrected chi connectivity index (χ3v) is 4.95. The predicted molar refractivity (Wildman–Crippen MR) is 113 cm³/mol. The highest BCUT2D eigenvalue weighted by Gasteiger charge is 2.32. The Kier molecular flexibility index (Phi) is 6.53. The molecule has 0 unspecified atom stereocenters. The van der Waals surface area contributed by atoms with Gasteiger partial charge in [0, 0.05) is 37.9 Å². The average Bonchev–Trinajstić information content (AvgIpc) is 2.72. The molecular weight excluding hydrogens is 441 g/mol. The lowest BCUT2D eigenvalue weighted by Crippen LogP contribution is -2.52. The van der Waals surface area contributed by atoms with Crippen LogP contribution >= 0.6 is 0 Å². The first-order valence-electron chi connectivity index (χ1n) is 10.3. The molecule has 0 spiro atoms. The molecular formula is C22H25F3N4O4. The van der Waals surface area contributed by atoms with Crippen molar-refractivity contribution < 1.29 is 27.5 Å². The number of carbonyl (C=O) groups is 2. The van der Waals surface area contributed by atoms with Gasteiger partial charge in [-0.1, -0.05) is 6.07 Å². The zero-order chi connectivity index (χ0) is 24.6. The van der Waals surface area contributed by atoms with Crippen LogP contribution in [0.2, 0.25) is 0 Å². The first-order chi connectivity index (χ1) is 15.3. The van der Waals surface area contributed by atoms with Crippen LogP contribution in [0.1, 0.15) is 42.5 Å². The summed E-state index contributed by atoms with van der Waals surface area (Å²) in [6.07, 6.45) is -5.04. The molecule has 1 aliphatic heterocycles. The van der Waals surface area contributed by atoms with Gasteiger partial charge in [0.15, 0.2) is 5.69 Å². The van der Waals surface area contributed by atoms with Gasteiger partial charge >= 0.3 is 12.3 Å². The van der Waals surface area contributed by atoms with E-state index in [1.54, 1.807) is 20.8 Å². The number of aromatic nitrogens is 2. The molecule has 1 saturated heterocycles. The lowest BCUT2D eigenvalue weighted by molar-refractivity contribution is -0.137. The smallest absolute Gasteiger partial charge is 0.416 e. The minimum Gasteiger partial charge on any atom is -0.444 e. The molecule has 1 aliphatic rings. The molecule has 8 nitrogen and oxygen atoms in total. The summed E-state index contributed by atoms with van der Waals surface area (Å²) in [6.45, 7) is 7.54. The number of benzene rings is 1. The predicted octanol–water partition coefficient (Wildman–Crippen LogP) is 3.25. The molecule has 0 bridgehead atoms. The van der Waals surface area contributed by atoms with Gasteiger partial charge in [-0.25, -0.2) is 9.48 Å². The van der Waals surface area contributed by atoms with Gasteiger partial charge < -0.3 is 14.5 Å². The monoisotopic (exact) mass is 466 g/mol. The van der Waals surface area contributed by atoms with Crippen LogP contribution in [0.5, 0.6) is 0 Å². The topological polar surface area (TPSA) is 84.7 Å². The van der Waals surface area contributed by atoms with Crippen LogP contribution < -0.4 is 5.43 Å². The molecule has 33 heavy (non-hydrogen) atoms. The summed E-state index contributed by atoms with van der Waals surface area (Å²) in [5, 5.41) is 4.08. The third-order valence-electron chi connectivity index (χ3n) is 4.95. The SMILES string of the molecule is Cc1cc(=O)c(C(=O)N2CCN(C(=O)OC(C)(C)C)CC2)nn1-c1cccc(C(F)(F)F)c1. The molecule has 0 aliphatic carbocycles. The van der Waals surface area contributed by atoms with Gasteiger partial charge in [-0.15, -0.1) is 0 Å². The Hall–Kier alpha value is -3.37. The molecule has 0 saturated carbocycles. The van der Waals surface area contributed by atoms with Crippen molar-refractivity contribution in [1.29, 1.82) is 0 Å². The van der Waals surface area contributed by atoms with Gasteiger partial charge in [-0.2, -0.15) is 18.3 Å². The van der Waals surface area contributed by atoms with Crippen molar-refractivity contribution in [2.75, 3.05) is 26.2 Å². The van der Waals surface area contributed by atoms with E-state index in [0.717, 1.165) is 22.9 Å². The molecule has 0 N–H and O–H groups in total. The van der Waals surface area contributed by atoms with Gasteiger partial charge in [-0.05, 0) is 45.9 Å². The van der Waals surface area contributed by atoms with Crippen molar-refractivity contribution in [2.24, 2.45) is 0 Å². The second-order valence-electron chi connectivity index (χ2n) is 8.72. The summed E-state index contributed by atoms with van der Waals surface area (Å²) in [4.78, 5) is 40.5. The first kappa shape index (κ1) is 24.3. The number of nitrogens with zero attached hydrogens (tertiary/aromatic N) is 4. The Morgan fingerprint density at radius 1 is 1.00 bits per heavy atom. The van der Waals surface area contributed by atoms with Crippen molar-refractivity contribution in [3.05, 3.63) is 57.5 Å². The van der Waals surface area contributed by atoms with Crippen molar-refractivity contribution in [3.8, 4) is 5.69 Å². The standard InChI is InChI=1S/C22H25F3N4O4/c1-14-12-17(30)18(26-29(14)16-7-5-6-15(13-16)22(23,24)25)19(31)27-8-10-28(11-9-27)20(32)33-21(2,3)4/h5-7,12-13H,8-11H2,1-4H3. The van der Waals surface area contributed by atoms with Crippen LogP contribution in [-0.4, -0.2) is 63.4 Å². The van der Waals surface area contributed by atoms with E-state index in [9.17, 15) is 27.6 Å². The normalized spacial score (nSPS) is 14.9. The Morgan fingerprint density at radius 2 is 1.61 bits per heavy atom. The highest BCUT2D eigenvalue weighted by atomic mass is 19.4. The number of hydrogen-bond donors (Lipinski definition) is 0. The fourth-order valence-corrected chi connectivity index (χ4v) is 3.34. The molecule has 2 amide bonds. The van der Waals surface area contributed by atoms with E-state index in [-0.39, 0.29) is 37.6 Å². The fourth-order valence-electron chi connectivity index (χ4n) is 3.34. The summed E-state index contributed by atoms with van der Waals surface area (Å²) < 4.78 is 45.8. The van der Waals surface area contributed by atoms with E-state index < -0.39 is 40.5 Å². The maximum Gasteiger partial charge on any atom is 0.416 e. The number of ether oxygens (including phenoxy) is 1. The van der Waals surface area contributed by atoms with E-state index in [4.69, 9.17) is 4.74 Å². The Balaban J connectivity index is 1.82. The fraction of sp³-hybridized carbons (Fsp3) is 0.455. The summed E-state index contributed by atoms with van der Waals surface area (Å²) in [7, 11) is 0. The lowest BCUT2D eigenvalue weighted by Gasteiger charge is -2.35. The molecule has 0 radical (unpaired) electrons. The molecule has 1 fully saturated rings. The molecule has 0 atom stereocenters. The van der Waals surface area contributed by atoms with Gasteiger partial charge in [-0.3, -0.25) is 9.59 Å². The highest BCUT2D eigenvalue weighted by Crippen LogP contribution is 2.30. The van der Waals surface area contributed by atoms with Gasteiger partial charge in [0.05, 0.1) is 11.3 Å². The minimum atomic E-state index is -4.55. The highest BCUT2D eigenvalue weighted by molar-refractivity contribution is 5.92. The maximum absolute atomic E-state index is 13.1. The van der Waals surface area contributed by atoms with Crippen LogP contribution in [0.25, 0.3) is 5.69 Å². The Labute approximate surface area is 188 Å². The lowest BCUT2D eigenvalue weighted by atomic mass is 10.2. The molecule has 11 heteroatoms. The number of aryl methyl sites for hydroxylation is 1. The molecule has 2 heterocycles. The molecule has 2 aromatic rings. The second kappa shape index (κ2) is 8.87. The summed E-state index contributed by atoms with van der Waals surface area (Å²) in [5.41, 5.74) is -2.19. The molecule has 1 aromatic heterocycles. The van der Waals surface area contributed by atoms with E-state index >= 15 is 0 Å². The Morgan fingerprint density at radius 3 is 2.18 bits per heavy atom. The van der Waals surface area contributed by atoms with Crippen molar-refractivity contribution in [2.45, 2.75) is 39.5 Å². The quantitative estimate of drug-likeness (QED) is 0.679. The van der Waals surface area contributed by atoms with Crippen LogP contribution in [0, 0.1) is 6.92 Å². The minimum absolute atomic E-state index is 0.0751. The van der Waals surface area contributed by atoms with Crippen LogP contribution in [-0.2, 0) is 10.9 Å². The van der Waals surface area contributed by atoms with E-state index in [1.807, 2.05) is 0 Å². The van der Waals surface area contributed by atoms with Crippen molar-refractivity contribution in [1.82, 2.24) is 19.6 Å². The summed E-state index contributed by atoms with van der Waals surface area (Å²) >= 11 is 0. The number of amides is 2. The maximum atomic E-state index is 13.1. The zero-order valence-electron chi connectivity index (χ0n) is 18.8. The number of alkyl halides is 3.